The molecule has 0 atom stereocenters. The van der Waals surface area contributed by atoms with Crippen LogP contribution in [-0.4, -0.2) is 14.2 Å². The Kier molecular flexibility index (Phi) is 4.62. The molecule has 102 valence electrons. The summed E-state index contributed by atoms with van der Waals surface area (Å²) in [5.74, 6) is 0.215. The third-order valence-corrected chi connectivity index (χ3v) is 2.71. The van der Waals surface area contributed by atoms with E-state index in [4.69, 9.17) is 9.47 Å². The van der Waals surface area contributed by atoms with Gasteiger partial charge in [-0.3, -0.25) is 0 Å². The standard InChI is InChI=1S/C13H17F3O2/c1-8(2)9-5-11(13(14,15)16)10(7-17-3)12(6-9)18-4/h5-6,8H,7H2,1-4H3. The Balaban J connectivity index is 3.46. The number of alkyl halides is 3. The Hall–Kier alpha value is -1.23. The molecule has 0 aliphatic carbocycles. The summed E-state index contributed by atoms with van der Waals surface area (Å²) in [5.41, 5.74) is -0.0525. The lowest BCUT2D eigenvalue weighted by Crippen LogP contribution is -2.12. The van der Waals surface area contributed by atoms with Crippen LogP contribution in [0.2, 0.25) is 0 Å². The number of benzene rings is 1. The van der Waals surface area contributed by atoms with Crippen LogP contribution < -0.4 is 4.74 Å². The zero-order chi connectivity index (χ0) is 13.9. The van der Waals surface area contributed by atoms with Gasteiger partial charge in [-0.1, -0.05) is 13.8 Å². The topological polar surface area (TPSA) is 18.5 Å². The highest BCUT2D eigenvalue weighted by Crippen LogP contribution is 2.38. The molecule has 0 bridgehead atoms. The second-order valence-corrected chi connectivity index (χ2v) is 4.33. The van der Waals surface area contributed by atoms with E-state index in [-0.39, 0.29) is 23.8 Å². The molecule has 1 rings (SSSR count). The molecule has 0 unspecified atom stereocenters. The summed E-state index contributed by atoms with van der Waals surface area (Å²) in [6, 6.07) is 2.80. The number of rotatable bonds is 4. The van der Waals surface area contributed by atoms with Crippen LogP contribution in [0.5, 0.6) is 5.75 Å². The molecular formula is C13H17F3O2. The average Bonchev–Trinajstić information content (AvgIpc) is 2.27. The average molecular weight is 262 g/mol. The number of methoxy groups -OCH3 is 2. The van der Waals surface area contributed by atoms with Gasteiger partial charge in [-0.15, -0.1) is 0 Å². The zero-order valence-corrected chi connectivity index (χ0v) is 10.9. The van der Waals surface area contributed by atoms with Crippen LogP contribution in [0.3, 0.4) is 0 Å². The van der Waals surface area contributed by atoms with E-state index in [0.29, 0.717) is 5.56 Å². The lowest BCUT2D eigenvalue weighted by atomic mass is 9.96. The lowest BCUT2D eigenvalue weighted by Gasteiger charge is -2.19. The molecule has 0 amide bonds. The van der Waals surface area contributed by atoms with Crippen LogP contribution in [0.1, 0.15) is 36.5 Å². The maximum absolute atomic E-state index is 13.0. The molecule has 5 heteroatoms. The molecular weight excluding hydrogens is 245 g/mol. The van der Waals surface area contributed by atoms with Crippen LogP contribution in [0, 0.1) is 0 Å². The van der Waals surface area contributed by atoms with Gasteiger partial charge in [0.2, 0.25) is 0 Å². The Labute approximate surface area is 105 Å². The number of ether oxygens (including phenoxy) is 2. The van der Waals surface area contributed by atoms with Gasteiger partial charge in [-0.25, -0.2) is 0 Å². The van der Waals surface area contributed by atoms with E-state index in [9.17, 15) is 13.2 Å². The van der Waals surface area contributed by atoms with Crippen molar-refractivity contribution >= 4 is 0 Å². The first kappa shape index (κ1) is 14.8. The molecule has 0 N–H and O–H groups in total. The monoisotopic (exact) mass is 262 g/mol. The van der Waals surface area contributed by atoms with Gasteiger partial charge in [0.15, 0.2) is 0 Å². The lowest BCUT2D eigenvalue weighted by molar-refractivity contribution is -0.139. The molecule has 0 saturated heterocycles. The van der Waals surface area contributed by atoms with Crippen LogP contribution >= 0.6 is 0 Å². The molecule has 0 saturated carbocycles. The minimum Gasteiger partial charge on any atom is -0.496 e. The number of hydrogen-bond donors (Lipinski definition) is 0. The predicted octanol–water partition coefficient (Wildman–Crippen LogP) is 3.98. The van der Waals surface area contributed by atoms with E-state index in [1.807, 2.05) is 13.8 Å². The second kappa shape index (κ2) is 5.61. The fraction of sp³-hybridized carbons (Fsp3) is 0.538. The van der Waals surface area contributed by atoms with E-state index in [2.05, 4.69) is 0 Å². The molecule has 2 nitrogen and oxygen atoms in total. The molecule has 0 spiro atoms. The summed E-state index contributed by atoms with van der Waals surface area (Å²) >= 11 is 0. The SMILES string of the molecule is COCc1c(OC)cc(C(C)C)cc1C(F)(F)F. The highest BCUT2D eigenvalue weighted by molar-refractivity contribution is 5.46. The van der Waals surface area contributed by atoms with Crippen molar-refractivity contribution in [3.05, 3.63) is 28.8 Å². The van der Waals surface area contributed by atoms with E-state index in [1.165, 1.54) is 20.3 Å². The van der Waals surface area contributed by atoms with Gasteiger partial charge < -0.3 is 9.47 Å². The third-order valence-electron chi connectivity index (χ3n) is 2.71. The van der Waals surface area contributed by atoms with Crippen molar-refractivity contribution in [3.8, 4) is 5.75 Å². The van der Waals surface area contributed by atoms with Gasteiger partial charge in [0.25, 0.3) is 0 Å². The molecule has 0 fully saturated rings. The molecule has 18 heavy (non-hydrogen) atoms. The van der Waals surface area contributed by atoms with Crippen LogP contribution in [0.25, 0.3) is 0 Å². The Morgan fingerprint density at radius 3 is 2.17 bits per heavy atom. The quantitative estimate of drug-likeness (QED) is 0.817. The molecule has 1 aromatic rings. The minimum absolute atomic E-state index is 0.00315. The Morgan fingerprint density at radius 2 is 1.78 bits per heavy atom. The molecule has 1 aromatic carbocycles. The highest BCUT2D eigenvalue weighted by Gasteiger charge is 2.35. The smallest absolute Gasteiger partial charge is 0.416 e. The van der Waals surface area contributed by atoms with Crippen LogP contribution in [-0.2, 0) is 17.5 Å². The van der Waals surface area contributed by atoms with Gasteiger partial charge in [-0.05, 0) is 23.6 Å². The number of hydrogen-bond acceptors (Lipinski definition) is 2. The molecule has 0 aliphatic heterocycles. The third kappa shape index (κ3) is 3.16. The van der Waals surface area contributed by atoms with Crippen molar-refractivity contribution in [1.29, 1.82) is 0 Å². The maximum Gasteiger partial charge on any atom is 0.416 e. The molecule has 0 aromatic heterocycles. The maximum atomic E-state index is 13.0. The fourth-order valence-corrected chi connectivity index (χ4v) is 1.73. The largest absolute Gasteiger partial charge is 0.496 e. The second-order valence-electron chi connectivity index (χ2n) is 4.33. The van der Waals surface area contributed by atoms with Gasteiger partial charge >= 0.3 is 6.18 Å². The van der Waals surface area contributed by atoms with Gasteiger partial charge in [0.05, 0.1) is 19.3 Å². The van der Waals surface area contributed by atoms with E-state index < -0.39 is 11.7 Å². The van der Waals surface area contributed by atoms with Crippen molar-refractivity contribution < 1.29 is 22.6 Å². The van der Waals surface area contributed by atoms with Gasteiger partial charge in [0, 0.05) is 12.7 Å². The molecule has 0 radical (unpaired) electrons. The number of halogens is 3. The van der Waals surface area contributed by atoms with Crippen LogP contribution in [0.15, 0.2) is 12.1 Å². The normalized spacial score (nSPS) is 12.0. The summed E-state index contributed by atoms with van der Waals surface area (Å²) in [5, 5.41) is 0. The summed E-state index contributed by atoms with van der Waals surface area (Å²) < 4.78 is 48.9. The highest BCUT2D eigenvalue weighted by atomic mass is 19.4. The first-order chi connectivity index (χ1) is 8.31. The summed E-state index contributed by atoms with van der Waals surface area (Å²) in [6.45, 7) is 3.55. The summed E-state index contributed by atoms with van der Waals surface area (Å²) in [6.07, 6.45) is -4.41. The van der Waals surface area contributed by atoms with E-state index in [0.717, 1.165) is 0 Å². The van der Waals surface area contributed by atoms with E-state index >= 15 is 0 Å². The summed E-state index contributed by atoms with van der Waals surface area (Å²) in [4.78, 5) is 0. The predicted molar refractivity (Wildman–Crippen MR) is 62.8 cm³/mol. The Morgan fingerprint density at radius 1 is 1.17 bits per heavy atom. The Bertz CT molecular complexity index is 411. The molecule has 0 aliphatic rings. The van der Waals surface area contributed by atoms with Crippen molar-refractivity contribution in [2.45, 2.75) is 32.5 Å². The first-order valence-corrected chi connectivity index (χ1v) is 5.58. The van der Waals surface area contributed by atoms with Crippen molar-refractivity contribution in [2.24, 2.45) is 0 Å². The van der Waals surface area contributed by atoms with Crippen molar-refractivity contribution in [2.75, 3.05) is 14.2 Å². The molecule has 0 heterocycles. The minimum atomic E-state index is -4.41. The first-order valence-electron chi connectivity index (χ1n) is 5.58. The zero-order valence-electron chi connectivity index (χ0n) is 10.9. The van der Waals surface area contributed by atoms with Crippen molar-refractivity contribution in [1.82, 2.24) is 0 Å². The van der Waals surface area contributed by atoms with E-state index in [1.54, 1.807) is 6.07 Å². The van der Waals surface area contributed by atoms with Gasteiger partial charge in [-0.2, -0.15) is 13.2 Å². The van der Waals surface area contributed by atoms with Gasteiger partial charge in [0.1, 0.15) is 5.75 Å². The summed E-state index contributed by atoms with van der Waals surface area (Å²) in [7, 11) is 2.72. The van der Waals surface area contributed by atoms with Crippen molar-refractivity contribution in [3.63, 3.8) is 0 Å². The van der Waals surface area contributed by atoms with Crippen LogP contribution in [0.4, 0.5) is 13.2 Å². The fourth-order valence-electron chi connectivity index (χ4n) is 1.73.